The Balaban J connectivity index is 2.37. The van der Waals surface area contributed by atoms with Crippen LogP contribution in [-0.2, 0) is 9.53 Å². The van der Waals surface area contributed by atoms with Crippen LogP contribution in [0.2, 0.25) is 0 Å². The smallest absolute Gasteiger partial charge is 0.226 e. The zero-order valence-corrected chi connectivity index (χ0v) is 10.8. The lowest BCUT2D eigenvalue weighted by Crippen LogP contribution is -2.35. The van der Waals surface area contributed by atoms with E-state index in [-0.39, 0.29) is 5.92 Å². The minimum atomic E-state index is 0.161. The summed E-state index contributed by atoms with van der Waals surface area (Å²) < 4.78 is 5.91. The number of carbonyl (C=O) groups excluding carboxylic acids is 1. The standard InChI is InChI=1S/C10H18INO2/c1-14-7-4-9(8-11)10(13)12-5-2-3-6-12/h9H,2-8H2,1H3. The van der Waals surface area contributed by atoms with Crippen molar-refractivity contribution >= 4 is 28.5 Å². The molecule has 1 unspecified atom stereocenters. The Bertz CT molecular complexity index is 181. The molecule has 0 aromatic carbocycles. The molecule has 0 radical (unpaired) electrons. The lowest BCUT2D eigenvalue weighted by Gasteiger charge is -2.21. The van der Waals surface area contributed by atoms with Crippen molar-refractivity contribution in [3.63, 3.8) is 0 Å². The maximum Gasteiger partial charge on any atom is 0.226 e. The highest BCUT2D eigenvalue weighted by molar-refractivity contribution is 14.1. The first kappa shape index (κ1) is 12.2. The van der Waals surface area contributed by atoms with Gasteiger partial charge in [-0.05, 0) is 19.3 Å². The first-order valence-corrected chi connectivity index (χ1v) is 6.66. The third-order valence-electron chi connectivity index (χ3n) is 2.62. The van der Waals surface area contributed by atoms with Gasteiger partial charge in [-0.15, -0.1) is 0 Å². The molecule has 14 heavy (non-hydrogen) atoms. The summed E-state index contributed by atoms with van der Waals surface area (Å²) in [4.78, 5) is 13.9. The lowest BCUT2D eigenvalue weighted by molar-refractivity contribution is -0.134. The van der Waals surface area contributed by atoms with E-state index in [2.05, 4.69) is 22.6 Å². The number of likely N-dealkylation sites (tertiary alicyclic amines) is 1. The Morgan fingerprint density at radius 1 is 1.50 bits per heavy atom. The molecule has 1 atom stereocenters. The molecule has 0 bridgehead atoms. The van der Waals surface area contributed by atoms with Gasteiger partial charge in [0.1, 0.15) is 0 Å². The molecule has 1 saturated heterocycles. The number of methoxy groups -OCH3 is 1. The average molecular weight is 311 g/mol. The molecule has 0 spiro atoms. The van der Waals surface area contributed by atoms with E-state index in [1.807, 2.05) is 4.90 Å². The molecule has 1 heterocycles. The molecule has 1 fully saturated rings. The SMILES string of the molecule is COCCC(CI)C(=O)N1CCCC1. The fourth-order valence-electron chi connectivity index (χ4n) is 1.72. The molecule has 1 aliphatic rings. The number of rotatable bonds is 5. The van der Waals surface area contributed by atoms with Crippen molar-refractivity contribution in [2.45, 2.75) is 19.3 Å². The van der Waals surface area contributed by atoms with E-state index in [1.54, 1.807) is 7.11 Å². The molecule has 3 nitrogen and oxygen atoms in total. The zero-order chi connectivity index (χ0) is 10.4. The number of alkyl halides is 1. The summed E-state index contributed by atoms with van der Waals surface area (Å²) in [5.41, 5.74) is 0. The van der Waals surface area contributed by atoms with Gasteiger partial charge in [-0.3, -0.25) is 4.79 Å². The van der Waals surface area contributed by atoms with Crippen LogP contribution in [0.3, 0.4) is 0 Å². The highest BCUT2D eigenvalue weighted by atomic mass is 127. The van der Waals surface area contributed by atoms with E-state index in [9.17, 15) is 4.79 Å². The molecular formula is C10H18INO2. The van der Waals surface area contributed by atoms with Crippen LogP contribution in [0.5, 0.6) is 0 Å². The number of ether oxygens (including phenoxy) is 1. The Morgan fingerprint density at radius 2 is 2.14 bits per heavy atom. The Kier molecular flexibility index (Phi) is 5.77. The molecule has 0 aromatic heterocycles. The number of hydrogen-bond donors (Lipinski definition) is 0. The van der Waals surface area contributed by atoms with Crippen molar-refractivity contribution in [3.8, 4) is 0 Å². The van der Waals surface area contributed by atoms with Crippen molar-refractivity contribution < 1.29 is 9.53 Å². The fourth-order valence-corrected chi connectivity index (χ4v) is 2.54. The summed E-state index contributed by atoms with van der Waals surface area (Å²) in [6.45, 7) is 2.60. The van der Waals surface area contributed by atoms with Crippen LogP contribution in [0.1, 0.15) is 19.3 Å². The molecule has 0 saturated carbocycles. The first-order valence-electron chi connectivity index (χ1n) is 5.13. The van der Waals surface area contributed by atoms with Gasteiger partial charge in [0.15, 0.2) is 0 Å². The Labute approximate surface area is 99.3 Å². The summed E-state index contributed by atoms with van der Waals surface area (Å²) in [7, 11) is 1.69. The summed E-state index contributed by atoms with van der Waals surface area (Å²) in [5, 5.41) is 0. The normalized spacial score (nSPS) is 18.6. The quantitative estimate of drug-likeness (QED) is 0.571. The van der Waals surface area contributed by atoms with Gasteiger partial charge in [-0.25, -0.2) is 0 Å². The Morgan fingerprint density at radius 3 is 2.64 bits per heavy atom. The zero-order valence-electron chi connectivity index (χ0n) is 8.67. The van der Waals surface area contributed by atoms with E-state index < -0.39 is 0 Å². The second kappa shape index (κ2) is 6.61. The van der Waals surface area contributed by atoms with Gasteiger partial charge in [0.25, 0.3) is 0 Å². The second-order valence-electron chi connectivity index (χ2n) is 3.67. The van der Waals surface area contributed by atoms with E-state index in [4.69, 9.17) is 4.74 Å². The number of halogens is 1. The van der Waals surface area contributed by atoms with Crippen molar-refractivity contribution in [1.29, 1.82) is 0 Å². The molecule has 4 heteroatoms. The predicted octanol–water partition coefficient (Wildman–Crippen LogP) is 1.70. The molecule has 82 valence electrons. The van der Waals surface area contributed by atoms with Crippen molar-refractivity contribution in [2.75, 3.05) is 31.2 Å². The van der Waals surface area contributed by atoms with Gasteiger partial charge in [-0.1, -0.05) is 22.6 Å². The Hall–Kier alpha value is 0.160. The van der Waals surface area contributed by atoms with Gasteiger partial charge >= 0.3 is 0 Å². The molecule has 1 aliphatic heterocycles. The first-order chi connectivity index (χ1) is 6.79. The van der Waals surface area contributed by atoms with Gasteiger partial charge in [-0.2, -0.15) is 0 Å². The minimum Gasteiger partial charge on any atom is -0.385 e. The molecule has 0 aromatic rings. The van der Waals surface area contributed by atoms with Crippen LogP contribution in [0.15, 0.2) is 0 Å². The second-order valence-corrected chi connectivity index (χ2v) is 4.55. The minimum absolute atomic E-state index is 0.161. The maximum absolute atomic E-state index is 11.9. The highest BCUT2D eigenvalue weighted by Crippen LogP contribution is 2.16. The van der Waals surface area contributed by atoms with Crippen LogP contribution in [0, 0.1) is 5.92 Å². The summed E-state index contributed by atoms with van der Waals surface area (Å²) in [6, 6.07) is 0. The van der Waals surface area contributed by atoms with Crippen LogP contribution < -0.4 is 0 Å². The fraction of sp³-hybridized carbons (Fsp3) is 0.900. The van der Waals surface area contributed by atoms with Crippen LogP contribution in [0.25, 0.3) is 0 Å². The predicted molar refractivity (Wildman–Crippen MR) is 64.7 cm³/mol. The van der Waals surface area contributed by atoms with Gasteiger partial charge in [0, 0.05) is 37.2 Å². The van der Waals surface area contributed by atoms with Crippen molar-refractivity contribution in [3.05, 3.63) is 0 Å². The highest BCUT2D eigenvalue weighted by Gasteiger charge is 2.25. The van der Waals surface area contributed by atoms with Crippen LogP contribution in [-0.4, -0.2) is 42.0 Å². The number of amides is 1. The molecule has 0 aliphatic carbocycles. The average Bonchev–Trinajstić information content (AvgIpc) is 2.71. The molecule has 0 N–H and O–H groups in total. The summed E-state index contributed by atoms with van der Waals surface area (Å²) in [5.74, 6) is 0.489. The lowest BCUT2D eigenvalue weighted by atomic mass is 10.1. The van der Waals surface area contributed by atoms with Crippen LogP contribution in [0.4, 0.5) is 0 Å². The van der Waals surface area contributed by atoms with Crippen molar-refractivity contribution in [2.24, 2.45) is 5.92 Å². The molecule has 1 amide bonds. The third-order valence-corrected chi connectivity index (χ3v) is 3.69. The third kappa shape index (κ3) is 3.38. The van der Waals surface area contributed by atoms with Gasteiger partial charge in [0.2, 0.25) is 5.91 Å². The van der Waals surface area contributed by atoms with E-state index in [0.717, 1.165) is 23.9 Å². The molecule has 1 rings (SSSR count). The summed E-state index contributed by atoms with van der Waals surface area (Å²) >= 11 is 2.29. The van der Waals surface area contributed by atoms with E-state index in [1.165, 1.54) is 12.8 Å². The van der Waals surface area contributed by atoms with Crippen LogP contribution >= 0.6 is 22.6 Å². The number of hydrogen-bond acceptors (Lipinski definition) is 2. The van der Waals surface area contributed by atoms with Gasteiger partial charge in [0.05, 0.1) is 0 Å². The van der Waals surface area contributed by atoms with E-state index in [0.29, 0.717) is 12.5 Å². The topological polar surface area (TPSA) is 29.5 Å². The van der Waals surface area contributed by atoms with Crippen molar-refractivity contribution in [1.82, 2.24) is 4.90 Å². The number of carbonyl (C=O) groups is 1. The van der Waals surface area contributed by atoms with E-state index >= 15 is 0 Å². The van der Waals surface area contributed by atoms with Gasteiger partial charge < -0.3 is 9.64 Å². The molecular weight excluding hydrogens is 293 g/mol. The maximum atomic E-state index is 11.9. The largest absolute Gasteiger partial charge is 0.385 e. The number of nitrogens with zero attached hydrogens (tertiary/aromatic N) is 1. The monoisotopic (exact) mass is 311 g/mol. The summed E-state index contributed by atoms with van der Waals surface area (Å²) in [6.07, 6.45) is 3.20.